The van der Waals surface area contributed by atoms with Gasteiger partial charge < -0.3 is 10.2 Å². The molecule has 0 radical (unpaired) electrons. The SMILES string of the molecule is CCCNC(=O)[C@@H](CC)N(Cc1ccc(Cl)cc1Cl)C(=O)CN(c1ccc(Cl)cc1C)S(=O)(=O)c1ccccc1. The van der Waals surface area contributed by atoms with Gasteiger partial charge in [-0.25, -0.2) is 8.42 Å². The van der Waals surface area contributed by atoms with Crippen molar-refractivity contribution in [1.29, 1.82) is 0 Å². The molecule has 7 nitrogen and oxygen atoms in total. The van der Waals surface area contributed by atoms with Crippen LogP contribution in [0.4, 0.5) is 5.69 Å². The number of hydrogen-bond donors (Lipinski definition) is 1. The third kappa shape index (κ3) is 7.69. The molecule has 0 fully saturated rings. The smallest absolute Gasteiger partial charge is 0.264 e. The molecule has 0 heterocycles. The van der Waals surface area contributed by atoms with Crippen LogP contribution in [0.1, 0.15) is 37.8 Å². The third-order valence-electron chi connectivity index (χ3n) is 6.33. The number of carbonyl (C=O) groups is 2. The fourth-order valence-corrected chi connectivity index (χ4v) is 6.45. The predicted molar refractivity (Wildman–Crippen MR) is 162 cm³/mol. The van der Waals surface area contributed by atoms with Crippen LogP contribution in [0.25, 0.3) is 0 Å². The van der Waals surface area contributed by atoms with E-state index in [-0.39, 0.29) is 17.3 Å². The Bertz CT molecular complexity index is 1450. The van der Waals surface area contributed by atoms with Crippen molar-refractivity contribution in [2.24, 2.45) is 0 Å². The zero-order chi connectivity index (χ0) is 29.4. The second-order valence-electron chi connectivity index (χ2n) is 9.23. The zero-order valence-electron chi connectivity index (χ0n) is 22.5. The molecule has 0 aromatic heterocycles. The lowest BCUT2D eigenvalue weighted by Crippen LogP contribution is -2.52. The van der Waals surface area contributed by atoms with Gasteiger partial charge in [-0.1, -0.05) is 72.9 Å². The highest BCUT2D eigenvalue weighted by Crippen LogP contribution is 2.30. The second-order valence-corrected chi connectivity index (χ2v) is 12.4. The van der Waals surface area contributed by atoms with Crippen LogP contribution in [-0.2, 0) is 26.2 Å². The minimum Gasteiger partial charge on any atom is -0.354 e. The number of benzene rings is 3. The molecule has 3 aromatic carbocycles. The Hall–Kier alpha value is -2.78. The number of nitrogens with one attached hydrogen (secondary N) is 1. The Morgan fingerprint density at radius 1 is 0.925 bits per heavy atom. The summed E-state index contributed by atoms with van der Waals surface area (Å²) in [6, 6.07) is 16.7. The van der Waals surface area contributed by atoms with E-state index >= 15 is 0 Å². The number of amides is 2. The molecule has 0 bridgehead atoms. The van der Waals surface area contributed by atoms with E-state index in [9.17, 15) is 18.0 Å². The molecule has 0 aliphatic heterocycles. The zero-order valence-corrected chi connectivity index (χ0v) is 25.6. The summed E-state index contributed by atoms with van der Waals surface area (Å²) in [6.07, 6.45) is 1.02. The summed E-state index contributed by atoms with van der Waals surface area (Å²) in [7, 11) is -4.17. The van der Waals surface area contributed by atoms with Gasteiger partial charge in [-0.15, -0.1) is 0 Å². The first-order chi connectivity index (χ1) is 19.0. The molecule has 0 unspecified atom stereocenters. The van der Waals surface area contributed by atoms with E-state index in [0.29, 0.717) is 44.8 Å². The summed E-state index contributed by atoms with van der Waals surface area (Å²) >= 11 is 18.7. The highest BCUT2D eigenvalue weighted by molar-refractivity contribution is 7.92. The van der Waals surface area contributed by atoms with E-state index in [1.165, 1.54) is 17.0 Å². The van der Waals surface area contributed by atoms with E-state index in [1.807, 2.05) is 6.92 Å². The van der Waals surface area contributed by atoms with Gasteiger partial charge in [0.05, 0.1) is 10.6 Å². The summed E-state index contributed by atoms with van der Waals surface area (Å²) in [4.78, 5) is 28.7. The molecule has 0 aliphatic carbocycles. The normalized spacial score (nSPS) is 12.1. The maximum Gasteiger partial charge on any atom is 0.264 e. The number of hydrogen-bond acceptors (Lipinski definition) is 4. The van der Waals surface area contributed by atoms with Crippen LogP contribution in [-0.4, -0.2) is 44.3 Å². The van der Waals surface area contributed by atoms with Crippen molar-refractivity contribution in [3.8, 4) is 0 Å². The Morgan fingerprint density at radius 2 is 1.57 bits per heavy atom. The lowest BCUT2D eigenvalue weighted by Gasteiger charge is -2.33. The largest absolute Gasteiger partial charge is 0.354 e. The van der Waals surface area contributed by atoms with Crippen LogP contribution in [0.2, 0.25) is 15.1 Å². The Kier molecular flexibility index (Phi) is 11.3. The van der Waals surface area contributed by atoms with Gasteiger partial charge in [0.25, 0.3) is 10.0 Å². The van der Waals surface area contributed by atoms with Gasteiger partial charge in [0.1, 0.15) is 12.6 Å². The Morgan fingerprint density at radius 3 is 2.17 bits per heavy atom. The van der Waals surface area contributed by atoms with Gasteiger partial charge in [0.2, 0.25) is 11.8 Å². The second kappa shape index (κ2) is 14.2. The average molecular weight is 625 g/mol. The fourth-order valence-electron chi connectivity index (χ4n) is 4.25. The Labute approximate surface area is 251 Å². The van der Waals surface area contributed by atoms with Crippen molar-refractivity contribution >= 4 is 62.3 Å². The van der Waals surface area contributed by atoms with Crippen molar-refractivity contribution < 1.29 is 18.0 Å². The fraction of sp³-hybridized carbons (Fsp3) is 0.310. The Balaban J connectivity index is 2.09. The quantitative estimate of drug-likeness (QED) is 0.250. The summed E-state index contributed by atoms with van der Waals surface area (Å²) < 4.78 is 28.9. The van der Waals surface area contributed by atoms with Gasteiger partial charge in [0.15, 0.2) is 0 Å². The number of nitrogens with zero attached hydrogens (tertiary/aromatic N) is 2. The van der Waals surface area contributed by atoms with Crippen molar-refractivity contribution in [3.63, 3.8) is 0 Å². The highest BCUT2D eigenvalue weighted by Gasteiger charge is 2.34. The molecule has 0 saturated carbocycles. The number of halogens is 3. The van der Waals surface area contributed by atoms with Gasteiger partial charge in [-0.2, -0.15) is 0 Å². The van der Waals surface area contributed by atoms with Crippen molar-refractivity contribution in [3.05, 3.63) is 92.9 Å². The molecule has 1 N–H and O–H groups in total. The number of rotatable bonds is 12. The third-order valence-corrected chi connectivity index (χ3v) is 8.92. The molecule has 0 aliphatic rings. The van der Waals surface area contributed by atoms with Crippen molar-refractivity contribution in [2.75, 3.05) is 17.4 Å². The molecular formula is C29H32Cl3N3O4S. The number of anilines is 1. The van der Waals surface area contributed by atoms with Crippen LogP contribution in [0.15, 0.2) is 71.6 Å². The van der Waals surface area contributed by atoms with Crippen LogP contribution in [0.3, 0.4) is 0 Å². The topological polar surface area (TPSA) is 86.8 Å². The van der Waals surface area contributed by atoms with Crippen molar-refractivity contribution in [1.82, 2.24) is 10.2 Å². The number of sulfonamides is 1. The first-order valence-corrected chi connectivity index (χ1v) is 15.4. The lowest BCUT2D eigenvalue weighted by atomic mass is 10.1. The van der Waals surface area contributed by atoms with Gasteiger partial charge in [-0.3, -0.25) is 13.9 Å². The van der Waals surface area contributed by atoms with Crippen LogP contribution in [0, 0.1) is 6.92 Å². The highest BCUT2D eigenvalue weighted by atomic mass is 35.5. The number of carbonyl (C=O) groups excluding carboxylic acids is 2. The van der Waals surface area contributed by atoms with Crippen LogP contribution >= 0.6 is 34.8 Å². The van der Waals surface area contributed by atoms with Crippen LogP contribution < -0.4 is 9.62 Å². The summed E-state index contributed by atoms with van der Waals surface area (Å²) in [5.41, 5.74) is 1.44. The predicted octanol–water partition coefficient (Wildman–Crippen LogP) is 6.48. The molecule has 11 heteroatoms. The summed E-state index contributed by atoms with van der Waals surface area (Å²) in [5, 5.41) is 4.04. The van der Waals surface area contributed by atoms with Gasteiger partial charge >= 0.3 is 0 Å². The molecule has 0 saturated heterocycles. The molecule has 40 heavy (non-hydrogen) atoms. The van der Waals surface area contributed by atoms with Gasteiger partial charge in [-0.05, 0) is 73.4 Å². The molecule has 214 valence electrons. The van der Waals surface area contributed by atoms with E-state index in [1.54, 1.807) is 68.4 Å². The number of aryl methyl sites for hydroxylation is 1. The van der Waals surface area contributed by atoms with Gasteiger partial charge in [0, 0.05) is 28.2 Å². The minimum atomic E-state index is -4.17. The first kappa shape index (κ1) is 31.7. The maximum absolute atomic E-state index is 14.1. The minimum absolute atomic E-state index is 0.0221. The van der Waals surface area contributed by atoms with E-state index in [0.717, 1.165) is 10.7 Å². The standard InChI is InChI=1S/C29H32Cl3N3O4S/c1-4-15-33-29(37)26(5-2)34(18-21-11-12-23(31)17-25(21)32)28(36)19-35(27-14-13-22(30)16-20(27)3)40(38,39)24-9-7-6-8-10-24/h6-14,16-17,26H,4-5,15,18-19H2,1-3H3,(H,33,37)/t26-/m1/s1. The molecule has 2 amide bonds. The van der Waals surface area contributed by atoms with E-state index < -0.39 is 28.5 Å². The lowest BCUT2D eigenvalue weighted by molar-refractivity contribution is -0.140. The van der Waals surface area contributed by atoms with E-state index in [4.69, 9.17) is 34.8 Å². The molecular weight excluding hydrogens is 593 g/mol. The monoisotopic (exact) mass is 623 g/mol. The molecule has 0 spiro atoms. The summed E-state index contributed by atoms with van der Waals surface area (Å²) in [6.45, 7) is 5.31. The average Bonchev–Trinajstić information content (AvgIpc) is 2.92. The molecule has 3 aromatic rings. The van der Waals surface area contributed by atoms with Crippen molar-refractivity contribution in [2.45, 2.75) is 51.1 Å². The molecule has 3 rings (SSSR count). The maximum atomic E-state index is 14.1. The molecule has 1 atom stereocenters. The van der Waals surface area contributed by atoms with E-state index in [2.05, 4.69) is 5.32 Å². The summed E-state index contributed by atoms with van der Waals surface area (Å²) in [5.74, 6) is -0.902. The first-order valence-electron chi connectivity index (χ1n) is 12.8. The van der Waals surface area contributed by atoms with Crippen LogP contribution in [0.5, 0.6) is 0 Å².